The molecule has 0 radical (unpaired) electrons. The van der Waals surface area contributed by atoms with E-state index in [4.69, 9.17) is 4.74 Å². The van der Waals surface area contributed by atoms with Gasteiger partial charge in [0.25, 0.3) is 0 Å². The summed E-state index contributed by atoms with van der Waals surface area (Å²) in [5, 5.41) is 13.4. The monoisotopic (exact) mass is 369 g/mol. The zero-order valence-electron chi connectivity index (χ0n) is 16.5. The van der Waals surface area contributed by atoms with E-state index in [0.29, 0.717) is 6.54 Å². The minimum atomic E-state index is -0.415. The molecule has 0 aliphatic rings. The minimum absolute atomic E-state index is 0.415. The molecule has 0 aromatic heterocycles. The van der Waals surface area contributed by atoms with Gasteiger partial charge in [-0.05, 0) is 49.8 Å². The fraction of sp³-hybridized carbons (Fsp3) is 0.500. The first-order valence-electron chi connectivity index (χ1n) is 10.4. The summed E-state index contributed by atoms with van der Waals surface area (Å²) in [6.07, 6.45) is 7.80. The van der Waals surface area contributed by atoms with E-state index < -0.39 is 6.10 Å². The third-order valence-corrected chi connectivity index (χ3v) is 4.76. The summed E-state index contributed by atoms with van der Waals surface area (Å²) in [7, 11) is 0. The SMILES string of the molecule is O[C@@H](CNCCCCCCOCCCCc1ccccc1)c1ccccc1. The van der Waals surface area contributed by atoms with E-state index in [1.165, 1.54) is 24.8 Å². The first-order chi connectivity index (χ1) is 13.4. The molecular formula is C24H35NO2. The topological polar surface area (TPSA) is 41.5 Å². The second kappa shape index (κ2) is 14.4. The van der Waals surface area contributed by atoms with Crippen LogP contribution in [0.5, 0.6) is 0 Å². The first-order valence-corrected chi connectivity index (χ1v) is 10.4. The molecule has 2 N–H and O–H groups in total. The Bertz CT molecular complexity index is 573. The van der Waals surface area contributed by atoms with Crippen LogP contribution in [-0.2, 0) is 11.2 Å². The molecule has 3 heteroatoms. The van der Waals surface area contributed by atoms with Crippen LogP contribution >= 0.6 is 0 Å². The van der Waals surface area contributed by atoms with Gasteiger partial charge in [-0.1, -0.05) is 73.5 Å². The molecule has 0 aliphatic heterocycles. The molecule has 0 aliphatic carbocycles. The molecule has 2 aromatic rings. The second-order valence-corrected chi connectivity index (χ2v) is 7.10. The van der Waals surface area contributed by atoms with Crippen LogP contribution < -0.4 is 5.32 Å². The molecule has 0 amide bonds. The van der Waals surface area contributed by atoms with E-state index in [1.807, 2.05) is 30.3 Å². The van der Waals surface area contributed by atoms with Gasteiger partial charge in [0, 0.05) is 19.8 Å². The average molecular weight is 370 g/mol. The summed E-state index contributed by atoms with van der Waals surface area (Å²) in [5.41, 5.74) is 2.40. The molecule has 0 bridgehead atoms. The number of rotatable bonds is 15. The number of hydrogen-bond donors (Lipinski definition) is 2. The lowest BCUT2D eigenvalue weighted by Crippen LogP contribution is -2.22. The number of unbranched alkanes of at least 4 members (excludes halogenated alkanes) is 4. The molecular weight excluding hydrogens is 334 g/mol. The van der Waals surface area contributed by atoms with Gasteiger partial charge in [0.05, 0.1) is 6.10 Å². The van der Waals surface area contributed by atoms with Gasteiger partial charge < -0.3 is 15.2 Å². The van der Waals surface area contributed by atoms with Gasteiger partial charge in [-0.2, -0.15) is 0 Å². The van der Waals surface area contributed by atoms with E-state index in [-0.39, 0.29) is 0 Å². The zero-order chi connectivity index (χ0) is 19.0. The minimum Gasteiger partial charge on any atom is -0.387 e. The van der Waals surface area contributed by atoms with Gasteiger partial charge >= 0.3 is 0 Å². The predicted molar refractivity (Wildman–Crippen MR) is 113 cm³/mol. The summed E-state index contributed by atoms with van der Waals surface area (Å²) < 4.78 is 5.73. The number of hydrogen-bond acceptors (Lipinski definition) is 3. The van der Waals surface area contributed by atoms with Gasteiger partial charge in [0.1, 0.15) is 0 Å². The molecule has 0 spiro atoms. The van der Waals surface area contributed by atoms with E-state index in [9.17, 15) is 5.11 Å². The lowest BCUT2D eigenvalue weighted by Gasteiger charge is -2.12. The molecule has 0 heterocycles. The van der Waals surface area contributed by atoms with Gasteiger partial charge in [-0.25, -0.2) is 0 Å². The lowest BCUT2D eigenvalue weighted by atomic mass is 10.1. The summed E-state index contributed by atoms with van der Waals surface area (Å²) in [6, 6.07) is 20.5. The molecule has 0 saturated heterocycles. The lowest BCUT2D eigenvalue weighted by molar-refractivity contribution is 0.126. The number of ether oxygens (including phenoxy) is 1. The fourth-order valence-electron chi connectivity index (χ4n) is 3.12. The predicted octanol–water partition coefficient (Wildman–Crippen LogP) is 4.91. The Hall–Kier alpha value is -1.68. The smallest absolute Gasteiger partial charge is 0.0914 e. The Kier molecular flexibility index (Phi) is 11.5. The van der Waals surface area contributed by atoms with Crippen molar-refractivity contribution in [2.75, 3.05) is 26.3 Å². The highest BCUT2D eigenvalue weighted by Crippen LogP contribution is 2.10. The maximum Gasteiger partial charge on any atom is 0.0914 e. The Balaban J connectivity index is 1.32. The Labute approximate surface area is 164 Å². The molecule has 0 unspecified atom stereocenters. The largest absolute Gasteiger partial charge is 0.387 e. The molecule has 2 aromatic carbocycles. The van der Waals surface area contributed by atoms with E-state index in [2.05, 4.69) is 35.6 Å². The fourth-order valence-corrected chi connectivity index (χ4v) is 3.12. The summed E-state index contributed by atoms with van der Waals surface area (Å²) >= 11 is 0. The normalized spacial score (nSPS) is 12.2. The van der Waals surface area contributed by atoms with Crippen molar-refractivity contribution < 1.29 is 9.84 Å². The molecule has 0 saturated carbocycles. The molecule has 2 rings (SSSR count). The van der Waals surface area contributed by atoms with Crippen LogP contribution in [0.1, 0.15) is 55.8 Å². The van der Waals surface area contributed by atoms with Gasteiger partial charge in [0.15, 0.2) is 0 Å². The van der Waals surface area contributed by atoms with Crippen molar-refractivity contribution in [2.45, 2.75) is 51.0 Å². The van der Waals surface area contributed by atoms with E-state index >= 15 is 0 Å². The third kappa shape index (κ3) is 10.3. The molecule has 3 nitrogen and oxygen atoms in total. The highest BCUT2D eigenvalue weighted by Gasteiger charge is 2.05. The first kappa shape index (κ1) is 21.6. The quantitative estimate of drug-likeness (QED) is 0.438. The third-order valence-electron chi connectivity index (χ3n) is 4.76. The number of aryl methyl sites for hydroxylation is 1. The molecule has 27 heavy (non-hydrogen) atoms. The van der Waals surface area contributed by atoms with Crippen LogP contribution in [0.2, 0.25) is 0 Å². The summed E-state index contributed by atoms with van der Waals surface area (Å²) in [4.78, 5) is 0. The Morgan fingerprint density at radius 1 is 0.741 bits per heavy atom. The van der Waals surface area contributed by atoms with Gasteiger partial charge in [0.2, 0.25) is 0 Å². The van der Waals surface area contributed by atoms with Crippen LogP contribution in [0.25, 0.3) is 0 Å². The van der Waals surface area contributed by atoms with Crippen molar-refractivity contribution in [3.8, 4) is 0 Å². The van der Waals surface area contributed by atoms with Crippen molar-refractivity contribution >= 4 is 0 Å². The average Bonchev–Trinajstić information content (AvgIpc) is 2.72. The Morgan fingerprint density at radius 2 is 1.37 bits per heavy atom. The number of aliphatic hydroxyl groups excluding tert-OH is 1. The summed E-state index contributed by atoms with van der Waals surface area (Å²) in [6.45, 7) is 3.34. The summed E-state index contributed by atoms with van der Waals surface area (Å²) in [5.74, 6) is 0. The van der Waals surface area contributed by atoms with Crippen LogP contribution in [0.4, 0.5) is 0 Å². The second-order valence-electron chi connectivity index (χ2n) is 7.10. The van der Waals surface area contributed by atoms with Crippen molar-refractivity contribution in [1.82, 2.24) is 5.32 Å². The highest BCUT2D eigenvalue weighted by atomic mass is 16.5. The molecule has 148 valence electrons. The highest BCUT2D eigenvalue weighted by molar-refractivity contribution is 5.17. The van der Waals surface area contributed by atoms with Crippen molar-refractivity contribution in [3.63, 3.8) is 0 Å². The number of aliphatic hydroxyl groups is 1. The molecule has 1 atom stereocenters. The standard InChI is InChI=1S/C24H35NO2/c26-24(23-16-7-4-8-17-23)21-25-18-10-1-2-11-19-27-20-12-9-15-22-13-5-3-6-14-22/h3-8,13-14,16-17,24-26H,1-2,9-12,15,18-21H2/t24-/m0/s1. The Morgan fingerprint density at radius 3 is 2.11 bits per heavy atom. The number of benzene rings is 2. The van der Waals surface area contributed by atoms with Gasteiger partial charge in [-0.15, -0.1) is 0 Å². The van der Waals surface area contributed by atoms with Crippen LogP contribution in [0.15, 0.2) is 60.7 Å². The van der Waals surface area contributed by atoms with Crippen molar-refractivity contribution in [1.29, 1.82) is 0 Å². The van der Waals surface area contributed by atoms with Crippen LogP contribution in [0, 0.1) is 0 Å². The maximum absolute atomic E-state index is 10.1. The van der Waals surface area contributed by atoms with Crippen molar-refractivity contribution in [3.05, 3.63) is 71.8 Å². The van der Waals surface area contributed by atoms with E-state index in [1.54, 1.807) is 0 Å². The van der Waals surface area contributed by atoms with Crippen molar-refractivity contribution in [2.24, 2.45) is 0 Å². The zero-order valence-corrected chi connectivity index (χ0v) is 16.5. The van der Waals surface area contributed by atoms with Gasteiger partial charge in [-0.3, -0.25) is 0 Å². The van der Waals surface area contributed by atoms with Crippen LogP contribution in [0.3, 0.4) is 0 Å². The van der Waals surface area contributed by atoms with Crippen LogP contribution in [-0.4, -0.2) is 31.4 Å². The van der Waals surface area contributed by atoms with E-state index in [0.717, 1.165) is 51.0 Å². The molecule has 0 fully saturated rings. The number of nitrogens with one attached hydrogen (secondary N) is 1. The maximum atomic E-state index is 10.1.